The van der Waals surface area contributed by atoms with E-state index in [0.29, 0.717) is 16.8 Å². The van der Waals surface area contributed by atoms with Gasteiger partial charge in [0.05, 0.1) is 4.92 Å². The molecule has 2 aromatic rings. The summed E-state index contributed by atoms with van der Waals surface area (Å²) in [5.41, 5.74) is -0.0268. The van der Waals surface area contributed by atoms with E-state index in [1.165, 1.54) is 23.5 Å². The minimum atomic E-state index is -0.577. The van der Waals surface area contributed by atoms with Gasteiger partial charge in [0.25, 0.3) is 11.6 Å². The fourth-order valence-electron chi connectivity index (χ4n) is 3.28. The quantitative estimate of drug-likeness (QED) is 0.450. The smallest absolute Gasteiger partial charge is 0.348 e. The van der Waals surface area contributed by atoms with Gasteiger partial charge in [0.15, 0.2) is 6.61 Å². The number of ether oxygens (including phenoxy) is 1. The largest absolute Gasteiger partial charge is 0.451 e. The molecule has 1 atom stereocenters. The SMILES string of the molecule is CC[C@H]1CCCCN1C(=O)COC(=O)c1cc2cc([N+](=O)[O-])ccc2s1. The van der Waals surface area contributed by atoms with Crippen molar-refractivity contribution in [2.75, 3.05) is 13.2 Å². The molecule has 1 aliphatic heterocycles. The summed E-state index contributed by atoms with van der Waals surface area (Å²) in [6, 6.07) is 6.22. The average Bonchev–Trinajstić information content (AvgIpc) is 3.09. The lowest BCUT2D eigenvalue weighted by molar-refractivity contribution is -0.384. The Morgan fingerprint density at radius 2 is 2.15 bits per heavy atom. The van der Waals surface area contributed by atoms with Gasteiger partial charge < -0.3 is 9.64 Å². The lowest BCUT2D eigenvalue weighted by atomic mass is 10.00. The van der Waals surface area contributed by atoms with Crippen LogP contribution in [0.15, 0.2) is 24.3 Å². The van der Waals surface area contributed by atoms with Crippen molar-refractivity contribution in [2.45, 2.75) is 38.6 Å². The van der Waals surface area contributed by atoms with Gasteiger partial charge in [-0.05, 0) is 37.8 Å². The van der Waals surface area contributed by atoms with Crippen molar-refractivity contribution in [1.82, 2.24) is 4.90 Å². The van der Waals surface area contributed by atoms with Gasteiger partial charge in [-0.2, -0.15) is 0 Å². The standard InChI is InChI=1S/C18H20N2O5S/c1-2-13-5-3-4-8-19(13)17(21)11-25-18(22)16-10-12-9-14(20(23)24)6-7-15(12)26-16/h6-7,9-10,13H,2-5,8,11H2,1H3/t13-/m0/s1. The molecule has 0 radical (unpaired) electrons. The van der Waals surface area contributed by atoms with E-state index in [4.69, 9.17) is 4.74 Å². The number of benzene rings is 1. The van der Waals surface area contributed by atoms with E-state index in [0.717, 1.165) is 30.4 Å². The molecule has 0 saturated carbocycles. The third kappa shape index (κ3) is 3.85. The number of nitro benzene ring substituents is 1. The number of fused-ring (bicyclic) bond motifs is 1. The molecule has 0 N–H and O–H groups in total. The van der Waals surface area contributed by atoms with Crippen LogP contribution in [0.4, 0.5) is 5.69 Å². The number of likely N-dealkylation sites (tertiary alicyclic amines) is 1. The third-order valence-corrected chi connectivity index (χ3v) is 5.75. The predicted octanol–water partition coefficient (Wildman–Crippen LogP) is 3.76. The molecule has 3 rings (SSSR count). The topological polar surface area (TPSA) is 89.8 Å². The first kappa shape index (κ1) is 18.3. The van der Waals surface area contributed by atoms with Crippen molar-refractivity contribution in [3.8, 4) is 0 Å². The fourth-order valence-corrected chi connectivity index (χ4v) is 4.22. The number of carbonyl (C=O) groups is 2. The van der Waals surface area contributed by atoms with Gasteiger partial charge in [-0.3, -0.25) is 14.9 Å². The molecule has 0 unspecified atom stereocenters. The Balaban J connectivity index is 1.65. The maximum absolute atomic E-state index is 12.4. The second-order valence-corrected chi connectivity index (χ2v) is 7.39. The Morgan fingerprint density at radius 3 is 2.88 bits per heavy atom. The summed E-state index contributed by atoms with van der Waals surface area (Å²) < 4.78 is 5.95. The molecule has 0 aliphatic carbocycles. The van der Waals surface area contributed by atoms with E-state index >= 15 is 0 Å². The number of hydrogen-bond acceptors (Lipinski definition) is 6. The van der Waals surface area contributed by atoms with Crippen molar-refractivity contribution in [3.05, 3.63) is 39.3 Å². The average molecular weight is 376 g/mol. The van der Waals surface area contributed by atoms with E-state index in [-0.39, 0.29) is 24.2 Å². The van der Waals surface area contributed by atoms with E-state index in [2.05, 4.69) is 6.92 Å². The van der Waals surface area contributed by atoms with E-state index < -0.39 is 10.9 Å². The number of carbonyl (C=O) groups excluding carboxylic acids is 2. The Bertz CT molecular complexity index is 847. The van der Waals surface area contributed by atoms with Crippen molar-refractivity contribution >= 4 is 39.0 Å². The molecule has 1 aromatic carbocycles. The number of nitro groups is 1. The summed E-state index contributed by atoms with van der Waals surface area (Å²) in [6.45, 7) is 2.49. The maximum Gasteiger partial charge on any atom is 0.348 e. The Labute approximate surface area is 154 Å². The molecule has 8 heteroatoms. The van der Waals surface area contributed by atoms with Gasteiger partial charge in [-0.15, -0.1) is 11.3 Å². The molecule has 26 heavy (non-hydrogen) atoms. The minimum Gasteiger partial charge on any atom is -0.451 e. The molecule has 1 saturated heterocycles. The first-order valence-electron chi connectivity index (χ1n) is 8.64. The third-order valence-electron chi connectivity index (χ3n) is 4.66. The second-order valence-electron chi connectivity index (χ2n) is 6.31. The monoisotopic (exact) mass is 376 g/mol. The Hall–Kier alpha value is -2.48. The number of esters is 1. The molecular weight excluding hydrogens is 356 g/mol. The first-order chi connectivity index (χ1) is 12.5. The first-order valence-corrected chi connectivity index (χ1v) is 9.46. The van der Waals surface area contributed by atoms with Crippen LogP contribution in [0, 0.1) is 10.1 Å². The van der Waals surface area contributed by atoms with Gasteiger partial charge >= 0.3 is 5.97 Å². The van der Waals surface area contributed by atoms with Gasteiger partial charge in [0, 0.05) is 34.8 Å². The lowest BCUT2D eigenvalue weighted by Crippen LogP contribution is -2.45. The van der Waals surface area contributed by atoms with Crippen LogP contribution in [0.2, 0.25) is 0 Å². The molecule has 1 aliphatic rings. The molecular formula is C18H20N2O5S. The van der Waals surface area contributed by atoms with Gasteiger partial charge in [-0.25, -0.2) is 4.79 Å². The summed E-state index contributed by atoms with van der Waals surface area (Å²) in [6.07, 6.45) is 3.99. The molecule has 138 valence electrons. The van der Waals surface area contributed by atoms with E-state index in [9.17, 15) is 19.7 Å². The minimum absolute atomic E-state index is 0.0268. The number of thiophene rings is 1. The van der Waals surface area contributed by atoms with Crippen LogP contribution in [0.5, 0.6) is 0 Å². The molecule has 1 fully saturated rings. The lowest BCUT2D eigenvalue weighted by Gasteiger charge is -2.35. The zero-order valence-corrected chi connectivity index (χ0v) is 15.3. The number of hydrogen-bond donors (Lipinski definition) is 0. The molecule has 2 heterocycles. The summed E-state index contributed by atoms with van der Waals surface area (Å²) in [7, 11) is 0. The summed E-state index contributed by atoms with van der Waals surface area (Å²) in [4.78, 5) is 37.1. The van der Waals surface area contributed by atoms with Gasteiger partial charge in [0.1, 0.15) is 4.88 Å². The molecule has 0 spiro atoms. The van der Waals surface area contributed by atoms with Gasteiger partial charge in [-0.1, -0.05) is 6.92 Å². The number of non-ortho nitro benzene ring substituents is 1. The van der Waals surface area contributed by atoms with Crippen LogP contribution in [-0.2, 0) is 9.53 Å². The van der Waals surface area contributed by atoms with Crippen LogP contribution in [-0.4, -0.2) is 40.9 Å². The van der Waals surface area contributed by atoms with E-state index in [1.54, 1.807) is 12.1 Å². The number of nitrogens with zero attached hydrogens (tertiary/aromatic N) is 2. The van der Waals surface area contributed by atoms with Crippen molar-refractivity contribution < 1.29 is 19.2 Å². The Morgan fingerprint density at radius 1 is 1.35 bits per heavy atom. The highest BCUT2D eigenvalue weighted by Gasteiger charge is 2.26. The highest BCUT2D eigenvalue weighted by Crippen LogP contribution is 2.29. The summed E-state index contributed by atoms with van der Waals surface area (Å²) >= 11 is 1.20. The van der Waals surface area contributed by atoms with Crippen LogP contribution in [0.1, 0.15) is 42.3 Å². The van der Waals surface area contributed by atoms with Crippen molar-refractivity contribution in [1.29, 1.82) is 0 Å². The van der Waals surface area contributed by atoms with Crippen LogP contribution in [0.3, 0.4) is 0 Å². The van der Waals surface area contributed by atoms with Crippen molar-refractivity contribution in [3.63, 3.8) is 0 Å². The highest BCUT2D eigenvalue weighted by molar-refractivity contribution is 7.20. The number of rotatable bonds is 5. The van der Waals surface area contributed by atoms with Crippen LogP contribution >= 0.6 is 11.3 Å². The maximum atomic E-state index is 12.4. The highest BCUT2D eigenvalue weighted by atomic mass is 32.1. The number of piperidine rings is 1. The van der Waals surface area contributed by atoms with Crippen LogP contribution < -0.4 is 0 Å². The summed E-state index contributed by atoms with van der Waals surface area (Å²) in [5, 5.41) is 11.5. The molecule has 7 nitrogen and oxygen atoms in total. The second kappa shape index (κ2) is 7.82. The number of amides is 1. The van der Waals surface area contributed by atoms with Gasteiger partial charge in [0.2, 0.25) is 0 Å². The zero-order valence-electron chi connectivity index (χ0n) is 14.5. The molecule has 1 amide bonds. The van der Waals surface area contributed by atoms with Crippen LogP contribution in [0.25, 0.3) is 10.1 Å². The Kier molecular flexibility index (Phi) is 5.51. The normalized spacial score (nSPS) is 17.3. The summed E-state index contributed by atoms with van der Waals surface area (Å²) in [5.74, 6) is -0.742. The van der Waals surface area contributed by atoms with E-state index in [1.807, 2.05) is 4.90 Å². The predicted molar refractivity (Wildman–Crippen MR) is 98.4 cm³/mol. The fraction of sp³-hybridized carbons (Fsp3) is 0.444. The molecule has 0 bridgehead atoms. The van der Waals surface area contributed by atoms with Crippen molar-refractivity contribution in [2.24, 2.45) is 0 Å². The molecule has 1 aromatic heterocycles. The zero-order chi connectivity index (χ0) is 18.7.